The first-order chi connectivity index (χ1) is 10.9. The van der Waals surface area contributed by atoms with Gasteiger partial charge in [0.1, 0.15) is 0 Å². The van der Waals surface area contributed by atoms with E-state index in [1.54, 1.807) is 19.1 Å². The van der Waals surface area contributed by atoms with Crippen LogP contribution in [0.25, 0.3) is 0 Å². The highest BCUT2D eigenvalue weighted by molar-refractivity contribution is 7.89. The molecule has 132 valence electrons. The van der Waals surface area contributed by atoms with E-state index in [0.29, 0.717) is 12.1 Å². The maximum Gasteiger partial charge on any atom is 0.374 e. The quantitative estimate of drug-likeness (QED) is 0.566. The molecule has 24 heavy (non-hydrogen) atoms. The number of rotatable bonds is 7. The first-order valence-electron chi connectivity index (χ1n) is 7.03. The number of anilines is 1. The number of furan rings is 1. The summed E-state index contributed by atoms with van der Waals surface area (Å²) in [6.45, 7) is 2.03. The van der Waals surface area contributed by atoms with Gasteiger partial charge >= 0.3 is 5.97 Å². The molecule has 9 heteroatoms. The summed E-state index contributed by atoms with van der Waals surface area (Å²) >= 11 is 0. The molecule has 7 nitrogen and oxygen atoms in total. The SMILES string of the molecule is CCOC(=O)c1ccc(S(=O)(=O)NCCc2ccc(N)cc2)o1.Cl. The molecule has 0 atom stereocenters. The van der Waals surface area contributed by atoms with E-state index in [9.17, 15) is 13.2 Å². The van der Waals surface area contributed by atoms with E-state index in [4.69, 9.17) is 14.9 Å². The van der Waals surface area contributed by atoms with E-state index in [-0.39, 0.29) is 36.4 Å². The molecule has 1 heterocycles. The van der Waals surface area contributed by atoms with E-state index in [1.165, 1.54) is 12.1 Å². The second-order valence-corrected chi connectivity index (χ2v) is 6.43. The Balaban J connectivity index is 0.00000288. The Labute approximate surface area is 146 Å². The predicted molar refractivity (Wildman–Crippen MR) is 91.7 cm³/mol. The van der Waals surface area contributed by atoms with Crippen molar-refractivity contribution in [3.63, 3.8) is 0 Å². The van der Waals surface area contributed by atoms with Crippen LogP contribution in [0.2, 0.25) is 0 Å². The number of hydrogen-bond acceptors (Lipinski definition) is 6. The minimum Gasteiger partial charge on any atom is -0.460 e. The molecule has 0 unspecified atom stereocenters. The molecule has 0 aliphatic carbocycles. The molecular weight excluding hydrogens is 356 g/mol. The van der Waals surface area contributed by atoms with Crippen LogP contribution in [-0.2, 0) is 21.2 Å². The number of nitrogens with two attached hydrogens (primary N) is 1. The van der Waals surface area contributed by atoms with Crippen molar-refractivity contribution in [3.8, 4) is 0 Å². The molecule has 0 amide bonds. The fourth-order valence-electron chi connectivity index (χ4n) is 1.86. The number of nitrogens with one attached hydrogen (secondary N) is 1. The average Bonchev–Trinajstić information content (AvgIpc) is 3.00. The number of nitrogen functional groups attached to an aromatic ring is 1. The molecule has 1 aromatic heterocycles. The lowest BCUT2D eigenvalue weighted by atomic mass is 10.1. The molecule has 0 aliphatic rings. The van der Waals surface area contributed by atoms with Crippen molar-refractivity contribution in [1.29, 1.82) is 0 Å². The lowest BCUT2D eigenvalue weighted by Crippen LogP contribution is -2.25. The van der Waals surface area contributed by atoms with E-state index in [1.807, 2.05) is 12.1 Å². The van der Waals surface area contributed by atoms with E-state index in [0.717, 1.165) is 5.56 Å². The third-order valence-electron chi connectivity index (χ3n) is 3.01. The third-order valence-corrected chi connectivity index (χ3v) is 4.34. The van der Waals surface area contributed by atoms with E-state index >= 15 is 0 Å². The normalized spacial score (nSPS) is 10.9. The van der Waals surface area contributed by atoms with Crippen LogP contribution in [0.4, 0.5) is 5.69 Å². The highest BCUT2D eigenvalue weighted by atomic mass is 35.5. The van der Waals surface area contributed by atoms with Crippen LogP contribution < -0.4 is 10.5 Å². The lowest BCUT2D eigenvalue weighted by Gasteiger charge is -2.05. The van der Waals surface area contributed by atoms with Gasteiger partial charge < -0.3 is 14.9 Å². The maximum absolute atomic E-state index is 12.1. The average molecular weight is 375 g/mol. The van der Waals surface area contributed by atoms with Crippen LogP contribution in [0.3, 0.4) is 0 Å². The number of ether oxygens (including phenoxy) is 1. The van der Waals surface area contributed by atoms with Gasteiger partial charge in [-0.15, -0.1) is 12.4 Å². The molecule has 0 saturated heterocycles. The van der Waals surface area contributed by atoms with Gasteiger partial charge in [0.25, 0.3) is 10.0 Å². The highest BCUT2D eigenvalue weighted by Gasteiger charge is 2.21. The van der Waals surface area contributed by atoms with Gasteiger partial charge in [-0.25, -0.2) is 17.9 Å². The molecule has 0 fully saturated rings. The number of carbonyl (C=O) groups excluding carboxylic acids is 1. The lowest BCUT2D eigenvalue weighted by molar-refractivity contribution is 0.0484. The minimum atomic E-state index is -3.82. The zero-order valence-electron chi connectivity index (χ0n) is 13.0. The monoisotopic (exact) mass is 374 g/mol. The van der Waals surface area contributed by atoms with Crippen LogP contribution >= 0.6 is 12.4 Å². The Morgan fingerprint density at radius 3 is 2.50 bits per heavy atom. The number of halogens is 1. The Kier molecular flexibility index (Phi) is 7.27. The van der Waals surface area contributed by atoms with Crippen LogP contribution in [0.15, 0.2) is 45.9 Å². The largest absolute Gasteiger partial charge is 0.460 e. The molecule has 2 aromatic rings. The number of esters is 1. The molecular formula is C15H19ClN2O5S. The van der Waals surface area contributed by atoms with E-state index < -0.39 is 16.0 Å². The summed E-state index contributed by atoms with van der Waals surface area (Å²) in [5.41, 5.74) is 7.19. The van der Waals surface area contributed by atoms with Gasteiger partial charge in [-0.2, -0.15) is 0 Å². The van der Waals surface area contributed by atoms with Gasteiger partial charge in [0, 0.05) is 12.2 Å². The second kappa shape index (κ2) is 8.72. The van der Waals surface area contributed by atoms with Crippen LogP contribution in [0, 0.1) is 0 Å². The second-order valence-electron chi connectivity index (χ2n) is 4.73. The standard InChI is InChI=1S/C15H18N2O5S.ClH/c1-2-21-15(18)13-7-8-14(22-13)23(19,20)17-10-9-11-3-5-12(16)6-4-11;/h3-8,17H,2,9-10,16H2,1H3;1H. The van der Waals surface area contributed by atoms with Crippen molar-refractivity contribution in [3.05, 3.63) is 47.7 Å². The van der Waals surface area contributed by atoms with Gasteiger partial charge in [0.15, 0.2) is 0 Å². The van der Waals surface area contributed by atoms with Crippen LogP contribution in [-0.4, -0.2) is 27.5 Å². The summed E-state index contributed by atoms with van der Waals surface area (Å²) in [6, 6.07) is 9.65. The van der Waals surface area contributed by atoms with Crippen molar-refractivity contribution in [2.75, 3.05) is 18.9 Å². The van der Waals surface area contributed by atoms with Crippen molar-refractivity contribution in [2.45, 2.75) is 18.4 Å². The third kappa shape index (κ3) is 5.26. The molecule has 1 aromatic carbocycles. The first-order valence-corrected chi connectivity index (χ1v) is 8.51. The first kappa shape index (κ1) is 20.0. The topological polar surface area (TPSA) is 112 Å². The molecule has 0 aliphatic heterocycles. The van der Waals surface area contributed by atoms with Gasteiger partial charge in [0.05, 0.1) is 6.61 Å². The Hall–Kier alpha value is -2.03. The molecule has 0 spiro atoms. The van der Waals surface area contributed by atoms with Crippen molar-refractivity contribution >= 4 is 34.1 Å². The van der Waals surface area contributed by atoms with Crippen molar-refractivity contribution in [2.24, 2.45) is 0 Å². The zero-order chi connectivity index (χ0) is 16.9. The van der Waals surface area contributed by atoms with Crippen molar-refractivity contribution in [1.82, 2.24) is 4.72 Å². The van der Waals surface area contributed by atoms with Gasteiger partial charge in [-0.3, -0.25) is 0 Å². The zero-order valence-corrected chi connectivity index (χ0v) is 14.7. The summed E-state index contributed by atoms with van der Waals surface area (Å²) in [4.78, 5) is 11.5. The molecule has 0 saturated carbocycles. The number of sulfonamides is 1. The molecule has 2 rings (SSSR count). The van der Waals surface area contributed by atoms with Gasteiger partial charge in [-0.1, -0.05) is 12.1 Å². The summed E-state index contributed by atoms with van der Waals surface area (Å²) in [5.74, 6) is -0.846. The maximum atomic E-state index is 12.1. The van der Waals surface area contributed by atoms with Gasteiger partial charge in [-0.05, 0) is 43.2 Å². The Morgan fingerprint density at radius 2 is 1.88 bits per heavy atom. The summed E-state index contributed by atoms with van der Waals surface area (Å²) in [6.07, 6.45) is 0.505. The minimum absolute atomic E-state index is 0. The smallest absolute Gasteiger partial charge is 0.374 e. The summed E-state index contributed by atoms with van der Waals surface area (Å²) in [5, 5.41) is -0.321. The number of hydrogen-bond donors (Lipinski definition) is 2. The highest BCUT2D eigenvalue weighted by Crippen LogP contribution is 2.15. The van der Waals surface area contributed by atoms with Gasteiger partial charge in [0.2, 0.25) is 10.9 Å². The van der Waals surface area contributed by atoms with Crippen LogP contribution in [0.1, 0.15) is 23.0 Å². The Bertz CT molecular complexity index is 771. The number of benzene rings is 1. The van der Waals surface area contributed by atoms with E-state index in [2.05, 4.69) is 4.72 Å². The summed E-state index contributed by atoms with van der Waals surface area (Å²) in [7, 11) is -3.82. The number of carbonyl (C=O) groups is 1. The van der Waals surface area contributed by atoms with Crippen molar-refractivity contribution < 1.29 is 22.4 Å². The fraction of sp³-hybridized carbons (Fsp3) is 0.267. The Morgan fingerprint density at radius 1 is 1.21 bits per heavy atom. The molecule has 3 N–H and O–H groups in total. The fourth-order valence-corrected chi connectivity index (χ4v) is 2.82. The molecule has 0 radical (unpaired) electrons. The predicted octanol–water partition coefficient (Wildman–Crippen LogP) is 1.98. The van der Waals surface area contributed by atoms with Crippen LogP contribution in [0.5, 0.6) is 0 Å². The molecule has 0 bridgehead atoms. The summed E-state index contributed by atoms with van der Waals surface area (Å²) < 4.78 is 36.4.